The molecule has 3 rings (SSSR count). The largest absolute Gasteiger partial charge is 0.484 e. The molecule has 0 radical (unpaired) electrons. The highest BCUT2D eigenvalue weighted by molar-refractivity contribution is 7.99. The monoisotopic (exact) mass is 412 g/mol. The first-order valence-corrected chi connectivity index (χ1v) is 10.3. The number of benzene rings is 1. The van der Waals surface area contributed by atoms with Crippen LogP contribution in [0.3, 0.4) is 0 Å². The van der Waals surface area contributed by atoms with Gasteiger partial charge in [0.25, 0.3) is 0 Å². The molecule has 0 spiro atoms. The number of thioether (sulfide) groups is 1. The Hall–Kier alpha value is -1.80. The van der Waals surface area contributed by atoms with Gasteiger partial charge in [0.2, 0.25) is 5.91 Å². The molecular formula is C18H22ClFN4O2S. The number of rotatable bonds is 7. The first-order valence-electron chi connectivity index (χ1n) is 8.91. The third kappa shape index (κ3) is 5.59. The van der Waals surface area contributed by atoms with Crippen LogP contribution in [0.1, 0.15) is 37.9 Å². The van der Waals surface area contributed by atoms with Gasteiger partial charge in [-0.05, 0) is 31.0 Å². The van der Waals surface area contributed by atoms with Crippen LogP contribution < -0.4 is 10.1 Å². The zero-order chi connectivity index (χ0) is 19.2. The Morgan fingerprint density at radius 3 is 2.89 bits per heavy atom. The number of ether oxygens (including phenoxy) is 1. The van der Waals surface area contributed by atoms with Crippen LogP contribution in [0, 0.1) is 5.82 Å². The van der Waals surface area contributed by atoms with Gasteiger partial charge >= 0.3 is 0 Å². The second-order valence-corrected chi connectivity index (χ2v) is 7.86. The third-order valence-corrected chi connectivity index (χ3v) is 5.79. The van der Waals surface area contributed by atoms with Crippen LogP contribution in [0.4, 0.5) is 4.39 Å². The lowest BCUT2D eigenvalue weighted by Crippen LogP contribution is -2.37. The van der Waals surface area contributed by atoms with E-state index >= 15 is 0 Å². The summed E-state index contributed by atoms with van der Waals surface area (Å²) in [5.74, 6) is 0.863. The quantitative estimate of drug-likeness (QED) is 0.702. The van der Waals surface area contributed by atoms with E-state index in [2.05, 4.69) is 15.5 Å². The molecule has 0 saturated heterocycles. The molecule has 0 aliphatic heterocycles. The molecule has 2 aromatic rings. The first kappa shape index (κ1) is 19.9. The highest BCUT2D eigenvalue weighted by Gasteiger charge is 2.17. The molecule has 6 nitrogen and oxygen atoms in total. The minimum atomic E-state index is -0.420. The van der Waals surface area contributed by atoms with Crippen LogP contribution in [0.2, 0.25) is 5.02 Å². The molecule has 1 aliphatic carbocycles. The van der Waals surface area contributed by atoms with Crippen molar-refractivity contribution in [3.8, 4) is 5.75 Å². The number of hydrogen-bond donors (Lipinski definition) is 1. The number of nitrogens with zero attached hydrogens (tertiary/aromatic N) is 3. The van der Waals surface area contributed by atoms with E-state index in [1.165, 1.54) is 49.2 Å². The zero-order valence-electron chi connectivity index (χ0n) is 15.1. The Morgan fingerprint density at radius 1 is 1.37 bits per heavy atom. The minimum Gasteiger partial charge on any atom is -0.484 e. The van der Waals surface area contributed by atoms with Crippen molar-refractivity contribution in [2.24, 2.45) is 7.05 Å². The van der Waals surface area contributed by atoms with Crippen molar-refractivity contribution < 1.29 is 13.9 Å². The van der Waals surface area contributed by atoms with E-state index in [0.29, 0.717) is 28.5 Å². The molecule has 1 amide bonds. The highest BCUT2D eigenvalue weighted by atomic mass is 35.5. The van der Waals surface area contributed by atoms with Crippen molar-refractivity contribution in [1.29, 1.82) is 0 Å². The Labute approximate surface area is 166 Å². The van der Waals surface area contributed by atoms with E-state index in [1.807, 2.05) is 7.05 Å². The van der Waals surface area contributed by atoms with Crippen molar-refractivity contribution in [3.63, 3.8) is 0 Å². The number of nitrogens with one attached hydrogen (secondary N) is 1. The van der Waals surface area contributed by atoms with Gasteiger partial charge in [0.05, 0.1) is 10.8 Å². The maximum Gasteiger partial charge on any atom is 0.230 e. The molecule has 1 aromatic heterocycles. The van der Waals surface area contributed by atoms with Gasteiger partial charge in [-0.3, -0.25) is 4.79 Å². The van der Waals surface area contributed by atoms with Crippen molar-refractivity contribution in [1.82, 2.24) is 20.1 Å². The van der Waals surface area contributed by atoms with E-state index < -0.39 is 5.82 Å². The summed E-state index contributed by atoms with van der Waals surface area (Å²) in [6.07, 6.45) is 5.75. The van der Waals surface area contributed by atoms with Crippen LogP contribution in [-0.2, 0) is 18.4 Å². The normalized spacial score (nSPS) is 14.9. The standard InChI is InChI=1S/C18H22ClFN4O2S/c1-24-16(10-26-15-8-7-12(20)9-14(15)19)22-23-18(24)27-11-17(25)21-13-5-3-2-4-6-13/h7-9,13H,2-6,10-11H2,1H3,(H,21,25). The summed E-state index contributed by atoms with van der Waals surface area (Å²) in [5.41, 5.74) is 0. The predicted octanol–water partition coefficient (Wildman–Crippen LogP) is 3.73. The second kappa shape index (κ2) is 9.41. The molecule has 1 saturated carbocycles. The predicted molar refractivity (Wildman–Crippen MR) is 102 cm³/mol. The molecule has 146 valence electrons. The smallest absolute Gasteiger partial charge is 0.230 e. The third-order valence-electron chi connectivity index (χ3n) is 4.48. The van der Waals surface area contributed by atoms with Gasteiger partial charge in [-0.2, -0.15) is 0 Å². The Morgan fingerprint density at radius 2 is 2.15 bits per heavy atom. The van der Waals surface area contributed by atoms with E-state index in [-0.39, 0.29) is 17.5 Å². The maximum atomic E-state index is 13.1. The molecule has 1 heterocycles. The Balaban J connectivity index is 1.49. The van der Waals surface area contributed by atoms with E-state index in [4.69, 9.17) is 16.3 Å². The fourth-order valence-corrected chi connectivity index (χ4v) is 3.94. The number of carbonyl (C=O) groups is 1. The molecule has 0 unspecified atom stereocenters. The lowest BCUT2D eigenvalue weighted by molar-refractivity contribution is -0.119. The number of aromatic nitrogens is 3. The lowest BCUT2D eigenvalue weighted by Gasteiger charge is -2.22. The average molecular weight is 413 g/mol. The Bertz CT molecular complexity index is 796. The highest BCUT2D eigenvalue weighted by Crippen LogP contribution is 2.26. The molecule has 1 aliphatic rings. The summed E-state index contributed by atoms with van der Waals surface area (Å²) in [6, 6.07) is 4.25. The fourth-order valence-electron chi connectivity index (χ4n) is 2.98. The van der Waals surface area contributed by atoms with Crippen molar-refractivity contribution >= 4 is 29.3 Å². The van der Waals surface area contributed by atoms with Crippen molar-refractivity contribution in [3.05, 3.63) is 34.9 Å². The average Bonchev–Trinajstić information content (AvgIpc) is 3.00. The van der Waals surface area contributed by atoms with Gasteiger partial charge in [-0.15, -0.1) is 10.2 Å². The van der Waals surface area contributed by atoms with E-state index in [0.717, 1.165) is 12.8 Å². The summed E-state index contributed by atoms with van der Waals surface area (Å²) >= 11 is 7.29. The van der Waals surface area contributed by atoms with Crippen molar-refractivity contribution in [2.75, 3.05) is 5.75 Å². The topological polar surface area (TPSA) is 69.0 Å². The van der Waals surface area contributed by atoms with Crippen LogP contribution in [0.5, 0.6) is 5.75 Å². The number of carbonyl (C=O) groups excluding carboxylic acids is 1. The summed E-state index contributed by atoms with van der Waals surface area (Å²) in [6.45, 7) is 0.143. The number of amides is 1. The molecule has 1 fully saturated rings. The van der Waals surface area contributed by atoms with Gasteiger partial charge in [-0.1, -0.05) is 42.6 Å². The van der Waals surface area contributed by atoms with Crippen LogP contribution in [0.15, 0.2) is 23.4 Å². The number of hydrogen-bond acceptors (Lipinski definition) is 5. The molecule has 9 heteroatoms. The lowest BCUT2D eigenvalue weighted by atomic mass is 9.95. The van der Waals surface area contributed by atoms with Gasteiger partial charge in [0, 0.05) is 13.1 Å². The zero-order valence-corrected chi connectivity index (χ0v) is 16.7. The summed E-state index contributed by atoms with van der Waals surface area (Å²) in [7, 11) is 1.81. The van der Waals surface area contributed by atoms with Crippen LogP contribution in [-0.4, -0.2) is 32.5 Å². The Kier molecular flexibility index (Phi) is 6.95. The van der Waals surface area contributed by atoms with Gasteiger partial charge in [0.15, 0.2) is 11.0 Å². The molecular weight excluding hydrogens is 391 g/mol. The summed E-state index contributed by atoms with van der Waals surface area (Å²) < 4.78 is 20.4. The van der Waals surface area contributed by atoms with Crippen LogP contribution in [0.25, 0.3) is 0 Å². The van der Waals surface area contributed by atoms with E-state index in [1.54, 1.807) is 4.57 Å². The van der Waals surface area contributed by atoms with E-state index in [9.17, 15) is 9.18 Å². The van der Waals surface area contributed by atoms with Gasteiger partial charge in [0.1, 0.15) is 18.2 Å². The number of halogens is 2. The molecule has 1 aromatic carbocycles. The maximum absolute atomic E-state index is 13.1. The minimum absolute atomic E-state index is 0.0193. The second-order valence-electron chi connectivity index (χ2n) is 6.51. The van der Waals surface area contributed by atoms with Gasteiger partial charge in [-0.25, -0.2) is 4.39 Å². The molecule has 1 N–H and O–H groups in total. The SMILES string of the molecule is Cn1c(COc2ccc(F)cc2Cl)nnc1SCC(=O)NC1CCCCC1. The van der Waals surface area contributed by atoms with Crippen molar-refractivity contribution in [2.45, 2.75) is 49.9 Å². The summed E-state index contributed by atoms with van der Waals surface area (Å²) in [5, 5.41) is 12.1. The molecule has 0 bridgehead atoms. The summed E-state index contributed by atoms with van der Waals surface area (Å²) in [4.78, 5) is 12.1. The fraction of sp³-hybridized carbons (Fsp3) is 0.500. The van der Waals surface area contributed by atoms with Gasteiger partial charge < -0.3 is 14.6 Å². The van der Waals surface area contributed by atoms with Crippen LogP contribution >= 0.6 is 23.4 Å². The molecule has 27 heavy (non-hydrogen) atoms. The first-order chi connectivity index (χ1) is 13.0. The molecule has 0 atom stereocenters.